The van der Waals surface area contributed by atoms with E-state index in [0.717, 1.165) is 16.8 Å². The van der Waals surface area contributed by atoms with Crippen molar-refractivity contribution in [3.8, 4) is 11.4 Å². The van der Waals surface area contributed by atoms with Crippen molar-refractivity contribution >= 4 is 81.3 Å². The highest BCUT2D eigenvalue weighted by molar-refractivity contribution is 6.41. The van der Waals surface area contributed by atoms with Gasteiger partial charge in [0.25, 0.3) is 0 Å². The Bertz CT molecular complexity index is 1520. The molecule has 200 valence electrons. The smallest absolute Gasteiger partial charge is 0.361 e. The molecule has 0 amide bonds. The number of hydrogen-bond donors (Lipinski definition) is 1. The van der Waals surface area contributed by atoms with Crippen LogP contribution in [0.15, 0.2) is 30.5 Å². The summed E-state index contributed by atoms with van der Waals surface area (Å²) in [5.74, 6) is -1.52. The van der Waals surface area contributed by atoms with Crippen molar-refractivity contribution in [1.82, 2.24) is 19.6 Å². The Kier molecular flexibility index (Phi) is 9.57. The van der Waals surface area contributed by atoms with Crippen LogP contribution in [0.25, 0.3) is 11.4 Å². The van der Waals surface area contributed by atoms with E-state index in [1.165, 1.54) is 24.6 Å². The number of aromatic nitrogens is 4. The average Bonchev–Trinajstić information content (AvgIpc) is 3.32. The topological polar surface area (TPSA) is 116 Å². The molecule has 0 spiro atoms. The highest BCUT2D eigenvalue weighted by Crippen LogP contribution is 2.36. The fourth-order valence-electron chi connectivity index (χ4n) is 3.54. The zero-order chi connectivity index (χ0) is 28.5. The number of nitro groups is 1. The largest absolute Gasteiger partial charge is 0.476 e. The average molecular weight is 640 g/mol. The van der Waals surface area contributed by atoms with Crippen LogP contribution in [0.5, 0.6) is 0 Å². The lowest BCUT2D eigenvalue weighted by atomic mass is 10.2. The summed E-state index contributed by atoms with van der Waals surface area (Å²) in [4.78, 5) is 21.5. The predicted octanol–water partition coefficient (Wildman–Crippen LogP) is 8.45. The fourth-order valence-corrected chi connectivity index (χ4v) is 5.51. The number of nitrogens with zero attached hydrogens (tertiary/aromatic N) is 5. The normalized spacial score (nSPS) is 10.8. The first kappa shape index (κ1) is 30.0. The van der Waals surface area contributed by atoms with Gasteiger partial charge in [-0.2, -0.15) is 10.2 Å². The minimum atomic E-state index is -1.52. The van der Waals surface area contributed by atoms with E-state index in [2.05, 4.69) is 17.1 Å². The number of aryl methyl sites for hydroxylation is 3. The minimum absolute atomic E-state index is 0.0105. The number of rotatable bonds is 5. The Morgan fingerprint density at radius 1 is 0.895 bits per heavy atom. The van der Waals surface area contributed by atoms with Crippen LogP contribution in [-0.2, 0) is 6.42 Å². The first-order valence-corrected chi connectivity index (χ1v) is 12.9. The van der Waals surface area contributed by atoms with Gasteiger partial charge in [-0.15, -0.1) is 0 Å². The molecule has 9 nitrogen and oxygen atoms in total. The summed E-state index contributed by atoms with van der Waals surface area (Å²) in [6.07, 6.45) is 2.87. The Morgan fingerprint density at radius 2 is 1.37 bits per heavy atom. The molecule has 2 aromatic heterocycles. The lowest BCUT2D eigenvalue weighted by Crippen LogP contribution is -2.10. The number of carbonyl (C=O) groups is 1. The van der Waals surface area contributed by atoms with Gasteiger partial charge in [-0.05, 0) is 50.1 Å². The molecule has 0 saturated heterocycles. The SMILES string of the molecule is CCc1cn(-c2c(Cl)cc(Cl)cc2Cl)nc1C.Cc1nn(-c2c(Cl)cc(Cl)cc2Cl)c(C(=O)O)c1[N+](=O)[O-]. The molecule has 0 saturated carbocycles. The van der Waals surface area contributed by atoms with Gasteiger partial charge in [0, 0.05) is 16.2 Å². The Hall–Kier alpha value is -2.53. The van der Waals surface area contributed by atoms with Crippen molar-refractivity contribution < 1.29 is 14.8 Å². The first-order chi connectivity index (χ1) is 17.8. The summed E-state index contributed by atoms with van der Waals surface area (Å²) < 4.78 is 2.53. The second-order valence-corrected chi connectivity index (χ2v) is 10.2. The van der Waals surface area contributed by atoms with E-state index in [1.54, 1.807) is 16.8 Å². The molecule has 0 atom stereocenters. The number of halogens is 6. The van der Waals surface area contributed by atoms with Crippen molar-refractivity contribution in [3.05, 3.63) is 93.4 Å². The molecule has 0 bridgehead atoms. The molecule has 0 radical (unpaired) electrons. The summed E-state index contributed by atoms with van der Waals surface area (Å²) >= 11 is 35.9. The molecule has 15 heteroatoms. The van der Waals surface area contributed by atoms with Crippen LogP contribution in [0.1, 0.15) is 34.4 Å². The Morgan fingerprint density at radius 3 is 1.76 bits per heavy atom. The molecule has 0 aliphatic carbocycles. The van der Waals surface area contributed by atoms with Crippen molar-refractivity contribution in [3.63, 3.8) is 0 Å². The quantitative estimate of drug-likeness (QED) is 0.173. The maximum Gasteiger partial charge on any atom is 0.361 e. The number of benzene rings is 2. The molecular formula is C23H17Cl6N5O4. The second kappa shape index (κ2) is 12.1. The van der Waals surface area contributed by atoms with Crippen molar-refractivity contribution in [2.75, 3.05) is 0 Å². The molecule has 4 rings (SSSR count). The third kappa shape index (κ3) is 6.20. The fraction of sp³-hybridized carbons (Fsp3) is 0.174. The van der Waals surface area contributed by atoms with E-state index in [0.29, 0.717) is 20.8 Å². The minimum Gasteiger partial charge on any atom is -0.476 e. The molecular weight excluding hydrogens is 623 g/mol. The van der Waals surface area contributed by atoms with E-state index in [-0.39, 0.29) is 26.4 Å². The van der Waals surface area contributed by atoms with Crippen LogP contribution in [0.3, 0.4) is 0 Å². The third-order valence-corrected chi connectivity index (χ3v) is 6.79. The van der Waals surface area contributed by atoms with Gasteiger partial charge in [-0.25, -0.2) is 14.2 Å². The molecule has 2 heterocycles. The molecule has 4 aromatic rings. The number of hydrogen-bond acceptors (Lipinski definition) is 5. The van der Waals surface area contributed by atoms with Gasteiger partial charge < -0.3 is 5.11 Å². The Labute approximate surface area is 246 Å². The molecule has 0 fully saturated rings. The van der Waals surface area contributed by atoms with Crippen LogP contribution in [0.4, 0.5) is 5.69 Å². The van der Waals surface area contributed by atoms with Gasteiger partial charge in [-0.3, -0.25) is 10.1 Å². The van der Waals surface area contributed by atoms with Crippen molar-refractivity contribution in [2.24, 2.45) is 0 Å². The highest BCUT2D eigenvalue weighted by Gasteiger charge is 2.32. The van der Waals surface area contributed by atoms with Gasteiger partial charge in [0.05, 0.1) is 30.7 Å². The molecule has 0 aliphatic rings. The van der Waals surface area contributed by atoms with Gasteiger partial charge in [-0.1, -0.05) is 76.5 Å². The van der Waals surface area contributed by atoms with Crippen LogP contribution < -0.4 is 0 Å². The summed E-state index contributed by atoms with van der Waals surface area (Å²) in [6.45, 7) is 5.37. The second-order valence-electron chi connectivity index (χ2n) is 7.73. The van der Waals surface area contributed by atoms with Gasteiger partial charge in [0.15, 0.2) is 0 Å². The maximum atomic E-state index is 11.3. The number of aromatic carboxylic acids is 1. The van der Waals surface area contributed by atoms with Gasteiger partial charge >= 0.3 is 11.7 Å². The van der Waals surface area contributed by atoms with Gasteiger partial charge in [0.1, 0.15) is 17.1 Å². The highest BCUT2D eigenvalue weighted by atomic mass is 35.5. The summed E-state index contributed by atoms with van der Waals surface area (Å²) in [5, 5.41) is 30.3. The molecule has 38 heavy (non-hydrogen) atoms. The van der Waals surface area contributed by atoms with Crippen LogP contribution in [-0.4, -0.2) is 35.6 Å². The zero-order valence-corrected chi connectivity index (χ0v) is 24.3. The lowest BCUT2D eigenvalue weighted by Gasteiger charge is -2.09. The molecule has 1 N–H and O–H groups in total. The van der Waals surface area contributed by atoms with E-state index >= 15 is 0 Å². The number of carboxylic acids is 1. The van der Waals surface area contributed by atoms with E-state index < -0.39 is 22.3 Å². The number of carboxylic acid groups (broad SMARTS) is 1. The van der Waals surface area contributed by atoms with Crippen LogP contribution in [0.2, 0.25) is 30.1 Å². The maximum absolute atomic E-state index is 11.3. The van der Waals surface area contributed by atoms with Crippen LogP contribution in [0, 0.1) is 24.0 Å². The predicted molar refractivity (Wildman–Crippen MR) is 150 cm³/mol. The van der Waals surface area contributed by atoms with Gasteiger partial charge in [0.2, 0.25) is 5.69 Å². The van der Waals surface area contributed by atoms with E-state index in [4.69, 9.17) is 69.6 Å². The molecule has 0 unspecified atom stereocenters. The first-order valence-electron chi connectivity index (χ1n) is 10.6. The molecule has 2 aromatic carbocycles. The summed E-state index contributed by atoms with van der Waals surface area (Å²) in [7, 11) is 0. The molecule has 0 aliphatic heterocycles. The van der Waals surface area contributed by atoms with Crippen LogP contribution >= 0.6 is 69.6 Å². The lowest BCUT2D eigenvalue weighted by molar-refractivity contribution is -0.385. The standard InChI is InChI=1S/C12H11Cl3N2.C11H6Cl3N3O4/c1-3-8-6-17(16-7(8)2)12-10(14)4-9(13)5-11(12)15;1-4-8(17(20)21)10(11(18)19)16(15-4)9-6(13)2-5(12)3-7(9)14/h4-6H,3H2,1-2H3;2-3H,1H3,(H,18,19). The van der Waals surface area contributed by atoms with Crippen molar-refractivity contribution in [1.29, 1.82) is 0 Å². The Balaban J connectivity index is 0.000000215. The van der Waals surface area contributed by atoms with E-state index in [1.807, 2.05) is 13.1 Å². The van der Waals surface area contributed by atoms with Crippen molar-refractivity contribution in [2.45, 2.75) is 27.2 Å². The summed E-state index contributed by atoms with van der Waals surface area (Å²) in [6, 6.07) is 5.98. The third-order valence-electron chi connectivity index (χ3n) is 5.20. The van der Waals surface area contributed by atoms with E-state index in [9.17, 15) is 20.0 Å². The monoisotopic (exact) mass is 637 g/mol. The summed E-state index contributed by atoms with van der Waals surface area (Å²) in [5.41, 5.74) is 1.51. The zero-order valence-electron chi connectivity index (χ0n) is 19.8.